The third-order valence-electron chi connectivity index (χ3n) is 1.34. The van der Waals surface area contributed by atoms with Gasteiger partial charge in [0.15, 0.2) is 0 Å². The van der Waals surface area contributed by atoms with Crippen molar-refractivity contribution in [1.29, 1.82) is 0 Å². The SMILES string of the molecule is COC(=O)C1=C(C)OCCS1. The largest absolute Gasteiger partial charge is 0.496 e. The average Bonchev–Trinajstić information content (AvgIpc) is 2.04. The quantitative estimate of drug-likeness (QED) is 0.559. The molecule has 3 nitrogen and oxygen atoms in total. The summed E-state index contributed by atoms with van der Waals surface area (Å²) in [7, 11) is 1.37. The van der Waals surface area contributed by atoms with Crippen molar-refractivity contribution < 1.29 is 14.3 Å². The minimum atomic E-state index is -0.299. The first kappa shape index (κ1) is 8.46. The van der Waals surface area contributed by atoms with Gasteiger partial charge in [-0.25, -0.2) is 4.79 Å². The van der Waals surface area contributed by atoms with E-state index in [4.69, 9.17) is 4.74 Å². The molecule has 0 N–H and O–H groups in total. The first-order valence-electron chi connectivity index (χ1n) is 3.30. The van der Waals surface area contributed by atoms with Crippen LogP contribution >= 0.6 is 11.8 Å². The Kier molecular flexibility index (Phi) is 2.82. The molecule has 0 aromatic rings. The molecule has 0 aromatic carbocycles. The number of esters is 1. The molecular formula is C7H10O3S. The summed E-state index contributed by atoms with van der Waals surface area (Å²) in [5.74, 6) is 1.20. The van der Waals surface area contributed by atoms with Crippen LogP contribution in [0, 0.1) is 0 Å². The second-order valence-electron chi connectivity index (χ2n) is 2.07. The van der Waals surface area contributed by atoms with Crippen LogP contribution in [0.2, 0.25) is 0 Å². The van der Waals surface area contributed by atoms with Crippen LogP contribution in [0.25, 0.3) is 0 Å². The lowest BCUT2D eigenvalue weighted by molar-refractivity contribution is -0.135. The van der Waals surface area contributed by atoms with Gasteiger partial charge in [0.05, 0.1) is 13.7 Å². The van der Waals surface area contributed by atoms with Crippen LogP contribution in [0.15, 0.2) is 10.7 Å². The van der Waals surface area contributed by atoms with Crippen LogP contribution in [-0.2, 0) is 14.3 Å². The van der Waals surface area contributed by atoms with E-state index in [1.165, 1.54) is 18.9 Å². The molecular weight excluding hydrogens is 164 g/mol. The highest BCUT2D eigenvalue weighted by atomic mass is 32.2. The van der Waals surface area contributed by atoms with Gasteiger partial charge in [0.1, 0.15) is 10.7 Å². The summed E-state index contributed by atoms with van der Waals surface area (Å²) in [6.07, 6.45) is 0. The fourth-order valence-corrected chi connectivity index (χ4v) is 1.64. The van der Waals surface area contributed by atoms with Gasteiger partial charge in [0.25, 0.3) is 0 Å². The van der Waals surface area contributed by atoms with Gasteiger partial charge in [0, 0.05) is 5.75 Å². The van der Waals surface area contributed by atoms with Crippen molar-refractivity contribution in [2.24, 2.45) is 0 Å². The Balaban J connectivity index is 2.74. The van der Waals surface area contributed by atoms with Gasteiger partial charge in [0.2, 0.25) is 0 Å². The van der Waals surface area contributed by atoms with Crippen LogP contribution in [-0.4, -0.2) is 25.4 Å². The van der Waals surface area contributed by atoms with Gasteiger partial charge < -0.3 is 9.47 Å². The molecule has 0 atom stereocenters. The molecule has 0 saturated carbocycles. The van der Waals surface area contributed by atoms with Gasteiger partial charge >= 0.3 is 5.97 Å². The first-order valence-corrected chi connectivity index (χ1v) is 4.29. The normalized spacial score (nSPS) is 17.6. The van der Waals surface area contributed by atoms with Crippen LogP contribution in [0.3, 0.4) is 0 Å². The van der Waals surface area contributed by atoms with Crippen molar-refractivity contribution in [3.05, 3.63) is 10.7 Å². The van der Waals surface area contributed by atoms with Gasteiger partial charge in [-0.05, 0) is 6.92 Å². The molecule has 0 unspecified atom stereocenters. The molecule has 0 fully saturated rings. The van der Waals surface area contributed by atoms with Crippen molar-refractivity contribution in [2.75, 3.05) is 19.5 Å². The molecule has 1 aliphatic rings. The maximum absolute atomic E-state index is 11.0. The standard InChI is InChI=1S/C7H10O3S/c1-5-6(7(8)9-2)11-4-3-10-5/h3-4H2,1-2H3. The summed E-state index contributed by atoms with van der Waals surface area (Å²) in [5, 5.41) is 0. The highest BCUT2D eigenvalue weighted by Gasteiger charge is 2.18. The van der Waals surface area contributed by atoms with Crippen molar-refractivity contribution in [3.63, 3.8) is 0 Å². The molecule has 1 aliphatic heterocycles. The highest BCUT2D eigenvalue weighted by molar-refractivity contribution is 8.04. The number of carbonyl (C=O) groups is 1. The smallest absolute Gasteiger partial charge is 0.347 e. The molecule has 0 radical (unpaired) electrons. The molecule has 0 bridgehead atoms. The van der Waals surface area contributed by atoms with Crippen molar-refractivity contribution in [3.8, 4) is 0 Å². The number of hydrogen-bond donors (Lipinski definition) is 0. The second kappa shape index (κ2) is 3.67. The molecule has 4 heteroatoms. The molecule has 62 valence electrons. The molecule has 0 aliphatic carbocycles. The number of carbonyl (C=O) groups excluding carboxylic acids is 1. The van der Waals surface area contributed by atoms with E-state index in [1.807, 2.05) is 0 Å². The number of hydrogen-bond acceptors (Lipinski definition) is 4. The van der Waals surface area contributed by atoms with Crippen LogP contribution < -0.4 is 0 Å². The first-order chi connectivity index (χ1) is 5.25. The van der Waals surface area contributed by atoms with Crippen LogP contribution in [0.5, 0.6) is 0 Å². The minimum Gasteiger partial charge on any atom is -0.496 e. The second-order valence-corrected chi connectivity index (χ2v) is 3.18. The van der Waals surface area contributed by atoms with E-state index < -0.39 is 0 Å². The van der Waals surface area contributed by atoms with Crippen molar-refractivity contribution in [2.45, 2.75) is 6.92 Å². The van der Waals surface area contributed by atoms with Crippen molar-refractivity contribution >= 4 is 17.7 Å². The number of ether oxygens (including phenoxy) is 2. The van der Waals surface area contributed by atoms with E-state index in [0.29, 0.717) is 17.3 Å². The molecule has 11 heavy (non-hydrogen) atoms. The van der Waals surface area contributed by atoms with Gasteiger partial charge in [-0.3, -0.25) is 0 Å². The molecule has 0 aromatic heterocycles. The summed E-state index contributed by atoms with van der Waals surface area (Å²) < 4.78 is 9.73. The predicted molar refractivity (Wildman–Crippen MR) is 43.1 cm³/mol. The highest BCUT2D eigenvalue weighted by Crippen LogP contribution is 2.25. The number of thioether (sulfide) groups is 1. The number of rotatable bonds is 1. The van der Waals surface area contributed by atoms with Gasteiger partial charge in [-0.2, -0.15) is 0 Å². The topological polar surface area (TPSA) is 35.5 Å². The summed E-state index contributed by atoms with van der Waals surface area (Å²) in [6, 6.07) is 0. The third kappa shape index (κ3) is 1.89. The Morgan fingerprint density at radius 1 is 1.73 bits per heavy atom. The fraction of sp³-hybridized carbons (Fsp3) is 0.571. The van der Waals surface area contributed by atoms with E-state index in [2.05, 4.69) is 4.74 Å². The Hall–Kier alpha value is -0.640. The zero-order chi connectivity index (χ0) is 8.27. The monoisotopic (exact) mass is 174 g/mol. The summed E-state index contributed by atoms with van der Waals surface area (Å²) in [6.45, 7) is 2.45. The lowest BCUT2D eigenvalue weighted by Crippen LogP contribution is -2.12. The van der Waals surface area contributed by atoms with Gasteiger partial charge in [-0.15, -0.1) is 11.8 Å². The lowest BCUT2D eigenvalue weighted by atomic mass is 10.4. The van der Waals surface area contributed by atoms with E-state index in [0.717, 1.165) is 5.75 Å². The Bertz CT molecular complexity index is 198. The van der Waals surface area contributed by atoms with Crippen LogP contribution in [0.1, 0.15) is 6.92 Å². The number of methoxy groups -OCH3 is 1. The zero-order valence-corrected chi connectivity index (χ0v) is 7.36. The average molecular weight is 174 g/mol. The fourth-order valence-electron chi connectivity index (χ4n) is 0.801. The molecule has 0 amide bonds. The molecule has 1 rings (SSSR count). The summed E-state index contributed by atoms with van der Waals surface area (Å²) in [5.41, 5.74) is 0. The van der Waals surface area contributed by atoms with E-state index in [9.17, 15) is 4.79 Å². The molecule has 0 spiro atoms. The third-order valence-corrected chi connectivity index (χ3v) is 2.45. The Morgan fingerprint density at radius 3 is 3.00 bits per heavy atom. The Morgan fingerprint density at radius 2 is 2.45 bits per heavy atom. The van der Waals surface area contributed by atoms with E-state index >= 15 is 0 Å². The maximum Gasteiger partial charge on any atom is 0.347 e. The van der Waals surface area contributed by atoms with Crippen LogP contribution in [0.4, 0.5) is 0 Å². The lowest BCUT2D eigenvalue weighted by Gasteiger charge is -2.15. The summed E-state index contributed by atoms with van der Waals surface area (Å²) >= 11 is 1.48. The van der Waals surface area contributed by atoms with E-state index in [1.54, 1.807) is 6.92 Å². The van der Waals surface area contributed by atoms with Crippen molar-refractivity contribution in [1.82, 2.24) is 0 Å². The minimum absolute atomic E-state index is 0.299. The van der Waals surface area contributed by atoms with Gasteiger partial charge in [-0.1, -0.05) is 0 Å². The maximum atomic E-state index is 11.0. The summed E-state index contributed by atoms with van der Waals surface area (Å²) in [4.78, 5) is 11.6. The molecule has 0 saturated heterocycles. The Labute approximate surface area is 69.7 Å². The van der Waals surface area contributed by atoms with E-state index in [-0.39, 0.29) is 5.97 Å². The molecule has 1 heterocycles. The predicted octanol–water partition coefficient (Wildman–Crippen LogP) is 1.15. The number of allylic oxidation sites excluding steroid dienone is 1. The zero-order valence-electron chi connectivity index (χ0n) is 6.55.